The quantitative estimate of drug-likeness (QED) is 0.590. The average Bonchev–Trinajstić information content (AvgIpc) is 1.85. The molecule has 3 heteroatoms. The first kappa shape index (κ1) is 8.68. The van der Waals surface area contributed by atoms with E-state index in [0.29, 0.717) is 6.10 Å². The number of ketones is 1. The number of methoxy groups -OCH3 is 1. The summed E-state index contributed by atoms with van der Waals surface area (Å²) in [4.78, 5) is 13.0. The minimum absolute atomic E-state index is 0.0707. The Bertz CT molecular complexity index is 152. The SMILES string of the molecule is COC1CN(C(C)C(C)=O)C1. The van der Waals surface area contributed by atoms with Gasteiger partial charge in [0.15, 0.2) is 0 Å². The van der Waals surface area contributed by atoms with Crippen molar-refractivity contribution < 1.29 is 9.53 Å². The second kappa shape index (κ2) is 3.32. The van der Waals surface area contributed by atoms with Crippen LogP contribution >= 0.6 is 0 Å². The lowest BCUT2D eigenvalue weighted by Crippen LogP contribution is -2.57. The lowest BCUT2D eigenvalue weighted by molar-refractivity contribution is -0.127. The minimum atomic E-state index is 0.0707. The maximum Gasteiger partial charge on any atom is 0.146 e. The highest BCUT2D eigenvalue weighted by atomic mass is 16.5. The van der Waals surface area contributed by atoms with Crippen molar-refractivity contribution in [1.29, 1.82) is 0 Å². The summed E-state index contributed by atoms with van der Waals surface area (Å²) in [6.45, 7) is 5.37. The third-order valence-corrected chi connectivity index (χ3v) is 2.35. The highest BCUT2D eigenvalue weighted by Crippen LogP contribution is 2.14. The van der Waals surface area contributed by atoms with Crippen molar-refractivity contribution >= 4 is 5.78 Å². The predicted octanol–water partition coefficient (Wildman–Crippen LogP) is 0.294. The fraction of sp³-hybridized carbons (Fsp3) is 0.875. The molecule has 1 unspecified atom stereocenters. The smallest absolute Gasteiger partial charge is 0.146 e. The van der Waals surface area contributed by atoms with Gasteiger partial charge >= 0.3 is 0 Å². The van der Waals surface area contributed by atoms with Crippen molar-refractivity contribution in [3.05, 3.63) is 0 Å². The van der Waals surface area contributed by atoms with Crippen LogP contribution in [0.3, 0.4) is 0 Å². The first-order valence-electron chi connectivity index (χ1n) is 3.92. The summed E-state index contributed by atoms with van der Waals surface area (Å²) in [7, 11) is 1.71. The minimum Gasteiger partial charge on any atom is -0.379 e. The number of carbonyl (C=O) groups excluding carboxylic acids is 1. The van der Waals surface area contributed by atoms with Crippen LogP contribution in [-0.2, 0) is 9.53 Å². The van der Waals surface area contributed by atoms with Crippen LogP contribution in [0.5, 0.6) is 0 Å². The van der Waals surface area contributed by atoms with E-state index in [1.165, 1.54) is 0 Å². The molecular weight excluding hydrogens is 142 g/mol. The second-order valence-corrected chi connectivity index (χ2v) is 3.10. The normalized spacial score (nSPS) is 22.8. The molecule has 1 aliphatic rings. The maximum atomic E-state index is 10.9. The molecular formula is C8H15NO2. The van der Waals surface area contributed by atoms with Gasteiger partial charge in [-0.25, -0.2) is 0 Å². The van der Waals surface area contributed by atoms with Crippen molar-refractivity contribution in [3.63, 3.8) is 0 Å². The zero-order valence-electron chi connectivity index (χ0n) is 7.33. The van der Waals surface area contributed by atoms with E-state index in [9.17, 15) is 4.79 Å². The molecule has 0 N–H and O–H groups in total. The van der Waals surface area contributed by atoms with Gasteiger partial charge in [0, 0.05) is 20.2 Å². The van der Waals surface area contributed by atoms with Crippen molar-refractivity contribution in [2.45, 2.75) is 26.0 Å². The summed E-state index contributed by atoms with van der Waals surface area (Å²) in [5.41, 5.74) is 0. The van der Waals surface area contributed by atoms with Gasteiger partial charge in [0.2, 0.25) is 0 Å². The molecule has 0 amide bonds. The van der Waals surface area contributed by atoms with Crippen LogP contribution in [0.1, 0.15) is 13.8 Å². The van der Waals surface area contributed by atoms with Crippen LogP contribution in [0, 0.1) is 0 Å². The van der Waals surface area contributed by atoms with E-state index < -0.39 is 0 Å². The lowest BCUT2D eigenvalue weighted by Gasteiger charge is -2.41. The molecule has 1 saturated heterocycles. The Balaban J connectivity index is 2.26. The molecule has 3 nitrogen and oxygen atoms in total. The number of Topliss-reactive ketones (excluding diaryl/α,β-unsaturated/α-hetero) is 1. The number of likely N-dealkylation sites (tertiary alicyclic amines) is 1. The monoisotopic (exact) mass is 157 g/mol. The van der Waals surface area contributed by atoms with Gasteiger partial charge in [-0.15, -0.1) is 0 Å². The van der Waals surface area contributed by atoms with Crippen molar-refractivity contribution in [2.75, 3.05) is 20.2 Å². The van der Waals surface area contributed by atoms with E-state index in [1.54, 1.807) is 14.0 Å². The molecule has 0 radical (unpaired) electrons. The summed E-state index contributed by atoms with van der Waals surface area (Å²) < 4.78 is 5.09. The summed E-state index contributed by atoms with van der Waals surface area (Å²) in [5, 5.41) is 0. The van der Waals surface area contributed by atoms with Gasteiger partial charge in [-0.05, 0) is 13.8 Å². The highest BCUT2D eigenvalue weighted by molar-refractivity contribution is 5.81. The number of ether oxygens (including phenoxy) is 1. The molecule has 1 fully saturated rings. The van der Waals surface area contributed by atoms with E-state index in [4.69, 9.17) is 4.74 Å². The van der Waals surface area contributed by atoms with Crippen LogP contribution < -0.4 is 0 Å². The maximum absolute atomic E-state index is 10.9. The van der Waals surface area contributed by atoms with Crippen LogP contribution in [-0.4, -0.2) is 43.0 Å². The molecule has 1 heterocycles. The van der Waals surface area contributed by atoms with Gasteiger partial charge in [-0.3, -0.25) is 9.69 Å². The molecule has 0 aromatic heterocycles. The van der Waals surface area contributed by atoms with Crippen LogP contribution in [0.2, 0.25) is 0 Å². The number of hydrogen-bond donors (Lipinski definition) is 0. The first-order valence-corrected chi connectivity index (χ1v) is 3.92. The van der Waals surface area contributed by atoms with Crippen molar-refractivity contribution in [2.24, 2.45) is 0 Å². The zero-order valence-corrected chi connectivity index (χ0v) is 7.33. The van der Waals surface area contributed by atoms with Gasteiger partial charge in [0.05, 0.1) is 12.1 Å². The predicted molar refractivity (Wildman–Crippen MR) is 42.5 cm³/mol. The molecule has 64 valence electrons. The van der Waals surface area contributed by atoms with Crippen LogP contribution in [0.4, 0.5) is 0 Å². The van der Waals surface area contributed by atoms with Gasteiger partial charge in [0.25, 0.3) is 0 Å². The van der Waals surface area contributed by atoms with Crippen molar-refractivity contribution in [3.8, 4) is 0 Å². The number of hydrogen-bond acceptors (Lipinski definition) is 3. The number of nitrogens with zero attached hydrogens (tertiary/aromatic N) is 1. The topological polar surface area (TPSA) is 29.5 Å². The Morgan fingerprint density at radius 2 is 2.18 bits per heavy atom. The van der Waals surface area contributed by atoms with E-state index in [-0.39, 0.29) is 11.8 Å². The van der Waals surface area contributed by atoms with E-state index in [2.05, 4.69) is 4.90 Å². The van der Waals surface area contributed by atoms with Gasteiger partial charge in [-0.2, -0.15) is 0 Å². The molecule has 0 aliphatic carbocycles. The van der Waals surface area contributed by atoms with E-state index >= 15 is 0 Å². The molecule has 0 spiro atoms. The summed E-state index contributed by atoms with van der Waals surface area (Å²) in [5.74, 6) is 0.236. The molecule has 1 aliphatic heterocycles. The Morgan fingerprint density at radius 1 is 1.64 bits per heavy atom. The highest BCUT2D eigenvalue weighted by Gasteiger charge is 2.31. The average molecular weight is 157 g/mol. The Kier molecular flexibility index (Phi) is 2.62. The largest absolute Gasteiger partial charge is 0.379 e. The molecule has 0 aromatic carbocycles. The van der Waals surface area contributed by atoms with E-state index in [1.807, 2.05) is 6.92 Å². The summed E-state index contributed by atoms with van der Waals surface area (Å²) in [6, 6.07) is 0.0707. The Morgan fingerprint density at radius 3 is 2.55 bits per heavy atom. The fourth-order valence-corrected chi connectivity index (χ4v) is 1.19. The molecule has 1 atom stereocenters. The zero-order chi connectivity index (χ0) is 8.43. The molecule has 0 bridgehead atoms. The molecule has 1 rings (SSSR count). The fourth-order valence-electron chi connectivity index (χ4n) is 1.19. The van der Waals surface area contributed by atoms with E-state index in [0.717, 1.165) is 13.1 Å². The van der Waals surface area contributed by atoms with Gasteiger partial charge in [0.1, 0.15) is 5.78 Å². The summed E-state index contributed by atoms with van der Waals surface area (Å²) in [6.07, 6.45) is 0.344. The first-order chi connectivity index (χ1) is 5.15. The van der Waals surface area contributed by atoms with Crippen LogP contribution in [0.15, 0.2) is 0 Å². The summed E-state index contributed by atoms with van der Waals surface area (Å²) >= 11 is 0. The number of rotatable bonds is 3. The molecule has 0 aromatic rings. The standard InChI is InChI=1S/C8H15NO2/c1-6(7(2)10)9-4-8(5-9)11-3/h6,8H,4-5H2,1-3H3. The van der Waals surface area contributed by atoms with Crippen molar-refractivity contribution in [1.82, 2.24) is 4.90 Å². The van der Waals surface area contributed by atoms with Gasteiger partial charge in [-0.1, -0.05) is 0 Å². The van der Waals surface area contributed by atoms with Crippen LogP contribution in [0.25, 0.3) is 0 Å². The molecule has 0 saturated carbocycles. The molecule has 11 heavy (non-hydrogen) atoms. The lowest BCUT2D eigenvalue weighted by atomic mass is 10.1. The van der Waals surface area contributed by atoms with Gasteiger partial charge < -0.3 is 4.74 Å². The third-order valence-electron chi connectivity index (χ3n) is 2.35. The number of carbonyl (C=O) groups is 1. The Labute approximate surface area is 67.3 Å². The third kappa shape index (κ3) is 1.79. The Hall–Kier alpha value is -0.410. The second-order valence-electron chi connectivity index (χ2n) is 3.10.